The lowest BCUT2D eigenvalue weighted by atomic mass is 10.0. The van der Waals surface area contributed by atoms with Crippen LogP contribution < -0.4 is 5.73 Å². The second kappa shape index (κ2) is 7.40. The number of halogens is 1. The van der Waals surface area contributed by atoms with Gasteiger partial charge in [0.15, 0.2) is 12.8 Å². The summed E-state index contributed by atoms with van der Waals surface area (Å²) in [6.07, 6.45) is 1.49. The van der Waals surface area contributed by atoms with Crippen LogP contribution in [0.25, 0.3) is 0 Å². The maximum absolute atomic E-state index is 13.7. The molecule has 1 aliphatic rings. The first-order chi connectivity index (χ1) is 11.2. The van der Waals surface area contributed by atoms with E-state index < -0.39 is 5.60 Å². The van der Waals surface area contributed by atoms with Gasteiger partial charge < -0.3 is 10.5 Å². The van der Waals surface area contributed by atoms with Gasteiger partial charge in [0.25, 0.3) is 0 Å². The molecule has 0 saturated heterocycles. The second-order valence-corrected chi connectivity index (χ2v) is 7.23. The molecule has 1 heterocycles. The fraction of sp³-hybridized carbons (Fsp3) is 0.556. The molecule has 0 fully saturated rings. The smallest absolute Gasteiger partial charge is 0.406 e. The lowest BCUT2D eigenvalue weighted by molar-refractivity contribution is -0.453. The molecule has 5 nitrogen and oxygen atoms in total. The summed E-state index contributed by atoms with van der Waals surface area (Å²) < 4.78 is 20.6. The first-order valence-electron chi connectivity index (χ1n) is 8.22. The zero-order chi connectivity index (χ0) is 17.9. The molecule has 2 rings (SSSR count). The summed E-state index contributed by atoms with van der Waals surface area (Å²) in [6, 6.07) is 4.85. The maximum Gasteiger partial charge on any atom is 0.596 e. The van der Waals surface area contributed by atoms with Crippen molar-refractivity contribution in [2.45, 2.75) is 39.3 Å². The second-order valence-electron chi connectivity index (χ2n) is 7.23. The molecule has 0 bridgehead atoms. The van der Waals surface area contributed by atoms with Crippen molar-refractivity contribution < 1.29 is 18.5 Å². The van der Waals surface area contributed by atoms with Gasteiger partial charge in [-0.15, -0.1) is 4.58 Å². The molecule has 1 aromatic rings. The Morgan fingerprint density at radius 3 is 2.71 bits per heavy atom. The van der Waals surface area contributed by atoms with Crippen molar-refractivity contribution in [1.82, 2.24) is 4.90 Å². The molecule has 24 heavy (non-hydrogen) atoms. The number of ether oxygens (including phenoxy) is 1. The highest BCUT2D eigenvalue weighted by Gasteiger charge is 2.29. The SMILES string of the molecule is Cc1ccc(C(N)CN2CC=[N+](C(=O)OC(C)(C)C)CC2)cc1F. The van der Waals surface area contributed by atoms with E-state index in [1.807, 2.05) is 33.1 Å². The summed E-state index contributed by atoms with van der Waals surface area (Å²) in [5.74, 6) is -0.232. The van der Waals surface area contributed by atoms with Crippen LogP contribution >= 0.6 is 0 Å². The molecule has 0 saturated carbocycles. The monoisotopic (exact) mass is 336 g/mol. The van der Waals surface area contributed by atoms with E-state index in [1.165, 1.54) is 6.07 Å². The number of nitrogens with zero attached hydrogens (tertiary/aromatic N) is 2. The zero-order valence-corrected chi connectivity index (χ0v) is 14.9. The van der Waals surface area contributed by atoms with Gasteiger partial charge in [0.2, 0.25) is 0 Å². The van der Waals surface area contributed by atoms with E-state index in [0.29, 0.717) is 31.7 Å². The summed E-state index contributed by atoms with van der Waals surface area (Å²) >= 11 is 0. The van der Waals surface area contributed by atoms with Crippen molar-refractivity contribution in [1.29, 1.82) is 0 Å². The summed E-state index contributed by atoms with van der Waals surface area (Å²) in [4.78, 5) is 14.2. The summed E-state index contributed by atoms with van der Waals surface area (Å²) in [5.41, 5.74) is 7.10. The predicted octanol–water partition coefficient (Wildman–Crippen LogP) is 2.47. The van der Waals surface area contributed by atoms with E-state index in [0.717, 1.165) is 5.56 Å². The predicted molar refractivity (Wildman–Crippen MR) is 91.9 cm³/mol. The Morgan fingerprint density at radius 1 is 1.46 bits per heavy atom. The van der Waals surface area contributed by atoms with Gasteiger partial charge in [-0.1, -0.05) is 12.1 Å². The van der Waals surface area contributed by atoms with Crippen LogP contribution in [-0.2, 0) is 4.74 Å². The van der Waals surface area contributed by atoms with Crippen LogP contribution in [0, 0.1) is 12.7 Å². The molecule has 1 amide bonds. The van der Waals surface area contributed by atoms with E-state index in [1.54, 1.807) is 17.6 Å². The van der Waals surface area contributed by atoms with E-state index in [2.05, 4.69) is 4.90 Å². The highest BCUT2D eigenvalue weighted by Crippen LogP contribution is 2.16. The average Bonchev–Trinajstić information content (AvgIpc) is 2.49. The van der Waals surface area contributed by atoms with Crippen LogP contribution in [0.1, 0.15) is 37.9 Å². The van der Waals surface area contributed by atoms with Gasteiger partial charge in [0.05, 0.1) is 13.1 Å². The number of carbonyl (C=O) groups excluding carboxylic acids is 1. The fourth-order valence-electron chi connectivity index (χ4n) is 2.52. The third kappa shape index (κ3) is 5.11. The minimum absolute atomic E-state index is 0.232. The quantitative estimate of drug-likeness (QED) is 0.862. The first kappa shape index (κ1) is 18.5. The molecule has 0 aliphatic carbocycles. The third-order valence-electron chi connectivity index (χ3n) is 3.92. The molecule has 0 spiro atoms. The van der Waals surface area contributed by atoms with Crippen molar-refractivity contribution in [3.63, 3.8) is 0 Å². The Morgan fingerprint density at radius 2 is 2.17 bits per heavy atom. The summed E-state index contributed by atoms with van der Waals surface area (Å²) in [6.45, 7) is 9.77. The first-order valence-corrected chi connectivity index (χ1v) is 8.22. The molecule has 1 aromatic carbocycles. The van der Waals surface area contributed by atoms with E-state index in [4.69, 9.17) is 10.5 Å². The lowest BCUT2D eigenvalue weighted by Crippen LogP contribution is -2.45. The normalized spacial score (nSPS) is 17.3. The Kier molecular flexibility index (Phi) is 5.72. The molecule has 0 radical (unpaired) electrons. The van der Waals surface area contributed by atoms with Crippen LogP contribution in [0.3, 0.4) is 0 Å². The van der Waals surface area contributed by atoms with Crippen LogP contribution in [0.4, 0.5) is 9.18 Å². The Bertz CT molecular complexity index is 638. The minimum Gasteiger partial charge on any atom is -0.406 e. The maximum atomic E-state index is 13.7. The molecule has 132 valence electrons. The molecule has 6 heteroatoms. The highest BCUT2D eigenvalue weighted by molar-refractivity contribution is 5.67. The topological polar surface area (TPSA) is 58.6 Å². The molecule has 1 aliphatic heterocycles. The zero-order valence-electron chi connectivity index (χ0n) is 14.9. The van der Waals surface area contributed by atoms with Crippen molar-refractivity contribution in [2.75, 3.05) is 26.2 Å². The number of amides is 1. The van der Waals surface area contributed by atoms with Crippen LogP contribution in [0.2, 0.25) is 0 Å². The van der Waals surface area contributed by atoms with Crippen molar-refractivity contribution in [2.24, 2.45) is 5.73 Å². The number of carbonyl (C=O) groups is 1. The molecule has 1 atom stereocenters. The average molecular weight is 336 g/mol. The number of benzene rings is 1. The Hall–Kier alpha value is -1.79. The summed E-state index contributed by atoms with van der Waals surface area (Å²) in [5, 5.41) is 0. The van der Waals surface area contributed by atoms with Crippen molar-refractivity contribution in [3.8, 4) is 0 Å². The van der Waals surface area contributed by atoms with Gasteiger partial charge in [0.1, 0.15) is 11.4 Å². The van der Waals surface area contributed by atoms with E-state index in [-0.39, 0.29) is 18.0 Å². The largest absolute Gasteiger partial charge is 0.596 e. The summed E-state index contributed by atoms with van der Waals surface area (Å²) in [7, 11) is 0. The Labute approximate surface area is 142 Å². The number of rotatable bonds is 3. The number of nitrogens with two attached hydrogens (primary N) is 1. The van der Waals surface area contributed by atoms with Crippen LogP contribution in [0.5, 0.6) is 0 Å². The molecular weight excluding hydrogens is 309 g/mol. The van der Waals surface area contributed by atoms with E-state index >= 15 is 0 Å². The van der Waals surface area contributed by atoms with Gasteiger partial charge >= 0.3 is 6.09 Å². The molecule has 2 N–H and O–H groups in total. The number of hydrogen-bond acceptors (Lipinski definition) is 4. The third-order valence-corrected chi connectivity index (χ3v) is 3.92. The fourth-order valence-corrected chi connectivity index (χ4v) is 2.52. The Balaban J connectivity index is 1.92. The van der Waals surface area contributed by atoms with Gasteiger partial charge in [-0.2, -0.15) is 4.79 Å². The molecular formula is C18H27FN3O2+. The molecule has 1 unspecified atom stereocenters. The highest BCUT2D eigenvalue weighted by atomic mass is 19.1. The lowest BCUT2D eigenvalue weighted by Gasteiger charge is -2.26. The standard InChI is InChI=1S/C18H27FN3O2/c1-13-5-6-14(11-15(13)19)16(20)12-21-7-9-22(10-8-21)17(23)24-18(2,3)4/h5-6,9,11,16H,7-8,10,12,20H2,1-4H3/q+1. The van der Waals surface area contributed by atoms with E-state index in [9.17, 15) is 9.18 Å². The van der Waals surface area contributed by atoms with Gasteiger partial charge in [0, 0.05) is 12.6 Å². The van der Waals surface area contributed by atoms with Crippen molar-refractivity contribution >= 4 is 12.3 Å². The van der Waals surface area contributed by atoms with Crippen LogP contribution in [-0.4, -0.2) is 53.6 Å². The van der Waals surface area contributed by atoms with Gasteiger partial charge in [-0.05, 0) is 44.9 Å². The van der Waals surface area contributed by atoms with Crippen molar-refractivity contribution in [3.05, 3.63) is 35.1 Å². The molecule has 0 aromatic heterocycles. The van der Waals surface area contributed by atoms with Crippen LogP contribution in [0.15, 0.2) is 18.2 Å². The van der Waals surface area contributed by atoms with Gasteiger partial charge in [-0.25, -0.2) is 4.39 Å². The number of aryl methyl sites for hydroxylation is 1. The minimum atomic E-state index is -0.500. The number of hydrogen-bond donors (Lipinski definition) is 1. The van der Waals surface area contributed by atoms with Gasteiger partial charge in [-0.3, -0.25) is 4.90 Å².